The quantitative estimate of drug-likeness (QED) is 0.140. The van der Waals surface area contributed by atoms with Crippen LogP contribution >= 0.6 is 0 Å². The highest BCUT2D eigenvalue weighted by molar-refractivity contribution is 6.26. The minimum Gasteiger partial charge on any atom is -0.454 e. The lowest BCUT2D eigenvalue weighted by atomic mass is 9.98. The molecule has 148 heavy (non-hydrogen) atoms. The van der Waals surface area contributed by atoms with Gasteiger partial charge >= 0.3 is 6.18 Å². The van der Waals surface area contributed by atoms with Crippen LogP contribution in [0.5, 0.6) is 0 Å². The Balaban J connectivity index is 0.000000137. The first-order chi connectivity index (χ1) is 73.0. The Bertz CT molecular complexity index is 11200. The van der Waals surface area contributed by atoms with Crippen LogP contribution in [-0.4, -0.2) is 36.5 Å². The predicted molar refractivity (Wildman–Crippen MR) is 591 cm³/mol. The zero-order valence-electron chi connectivity index (χ0n) is 78.3. The van der Waals surface area contributed by atoms with Crippen molar-refractivity contribution < 1.29 is 22.0 Å². The summed E-state index contributed by atoms with van der Waals surface area (Å²) < 4.78 is 75.9. The van der Waals surface area contributed by atoms with Crippen LogP contribution in [0.2, 0.25) is 0 Å². The highest BCUT2D eigenvalue weighted by Gasteiger charge is 2.40. The Morgan fingerprint density at radius 3 is 0.669 bits per heavy atom. The van der Waals surface area contributed by atoms with E-state index in [1.165, 1.54) is 12.1 Å². The SMILES string of the molecule is N#Cc1c(-n2c3ccccc3c3ccccc32)c(-n2c3ccccc3c3ccccc32)c(C#N)c(-n2c3cc(-c4ccccc4)ccc3c3ccc4c5ccccc5oc4c32)c1-n1c2ccccc2c2ccccc21.N#Cc1c(-n2c3ccccc3c3ccccc32)c(-n2c3ccccc3c3ccccc32)c(C#N)c(-n2c3ccc(C(F)(F)F)cc3c3ccc4c5ccccc5oc4c32)c1-n1c2ccccc2c2ccccc21. The zero-order chi connectivity index (χ0) is 98.3. The van der Waals surface area contributed by atoms with Gasteiger partial charge < -0.3 is 45.4 Å². The molecule has 0 bridgehead atoms. The van der Waals surface area contributed by atoms with E-state index in [9.17, 15) is 34.2 Å². The lowest BCUT2D eigenvalue weighted by Crippen LogP contribution is -2.16. The number of fused-ring (bicyclic) bond motifs is 32. The molecule has 14 nitrogen and oxygen atoms in total. The molecule has 31 rings (SSSR count). The molecule has 10 heterocycles. The molecule has 31 aromatic rings. The third-order valence-corrected chi connectivity index (χ3v) is 30.5. The maximum absolute atomic E-state index is 15.0. The number of rotatable bonds is 9. The standard InChI is InChI=1S/C68H38N6O.C63H33F3N6O/c69-39-53-63(71-55-27-11-4-20-43(55)44-21-5-12-28-56(44)71)64(72-57-29-13-6-22-45(57)46-23-7-14-30-58(46)72)54(40-70)66(65(53)73-59-31-15-8-24-47(59)48-25-9-16-32-60(48)73)74-61-38-42(41-18-2-1-3-19-41)34-35-49(61)51-36-37-52-50-26-10-17-33-62(50)75-68(52)67(51)74;64-63(65,66)36-29-32-55-46(33-36)44-30-31-45-43-21-7-14-28-56(43)73-62(45)61(44)72(55)60-48(35-68)58(70-51-24-10-3-17-39(51)40-18-4-11-25-52(40)70)57(69-49-22-8-1-15-37(49)38-16-2-9-23-50(38)69)47(34-67)59(60)71-53-26-12-5-19-41(53)42-20-6-13-27-54(42)71/h1-38H;1-33H. The molecule has 0 unspecified atom stereocenters. The van der Waals surface area contributed by atoms with Crippen molar-refractivity contribution in [3.05, 3.63) is 459 Å². The summed E-state index contributed by atoms with van der Waals surface area (Å²) in [6.07, 6.45) is -4.67. The van der Waals surface area contributed by atoms with Crippen molar-refractivity contribution in [3.8, 4) is 80.9 Å². The Morgan fingerprint density at radius 1 is 0.176 bits per heavy atom. The minimum atomic E-state index is -4.67. The number of para-hydroxylation sites is 14. The van der Waals surface area contributed by atoms with E-state index in [-0.39, 0.29) is 11.1 Å². The predicted octanol–water partition coefficient (Wildman–Crippen LogP) is 34.1. The van der Waals surface area contributed by atoms with E-state index in [0.29, 0.717) is 95.2 Å². The highest BCUT2D eigenvalue weighted by Crippen LogP contribution is 2.55. The van der Waals surface area contributed by atoms with Gasteiger partial charge in [0.1, 0.15) is 57.7 Å². The first kappa shape index (κ1) is 83.2. The lowest BCUT2D eigenvalue weighted by molar-refractivity contribution is -0.137. The number of benzene rings is 21. The molecule has 0 saturated heterocycles. The van der Waals surface area contributed by atoms with Gasteiger partial charge in [-0.25, -0.2) is 0 Å². The molecule has 10 aromatic heterocycles. The fourth-order valence-corrected chi connectivity index (χ4v) is 24.6. The van der Waals surface area contributed by atoms with Crippen molar-refractivity contribution in [1.82, 2.24) is 36.5 Å². The second-order valence-corrected chi connectivity index (χ2v) is 37.8. The summed E-state index contributed by atoms with van der Waals surface area (Å²) in [6.45, 7) is 0. The molecule has 0 saturated carbocycles. The molecule has 0 radical (unpaired) electrons. The largest absolute Gasteiger partial charge is 0.454 e. The third-order valence-electron chi connectivity index (χ3n) is 30.5. The molecule has 0 fully saturated rings. The number of halogens is 3. The van der Waals surface area contributed by atoms with Crippen LogP contribution in [0.1, 0.15) is 27.8 Å². The summed E-state index contributed by atoms with van der Waals surface area (Å²) in [5.41, 5.74) is 21.4. The smallest absolute Gasteiger partial charge is 0.416 e. The number of furan rings is 2. The normalized spacial score (nSPS) is 12.1. The molecule has 688 valence electrons. The first-order valence-electron chi connectivity index (χ1n) is 48.9. The van der Waals surface area contributed by atoms with E-state index >= 15 is 0 Å². The molecule has 0 N–H and O–H groups in total. The summed E-state index contributed by atoms with van der Waals surface area (Å²) in [7, 11) is 0. The number of nitrogens with zero attached hydrogens (tertiary/aromatic N) is 12. The van der Waals surface area contributed by atoms with E-state index in [2.05, 4.69) is 287 Å². The van der Waals surface area contributed by atoms with Crippen LogP contribution in [0.3, 0.4) is 0 Å². The fourth-order valence-electron chi connectivity index (χ4n) is 24.6. The van der Waals surface area contributed by atoms with Gasteiger partial charge in [0.05, 0.1) is 139 Å². The number of hydrogen-bond acceptors (Lipinski definition) is 6. The molecular weight excluding hydrogens is 1830 g/mol. The van der Waals surface area contributed by atoms with Crippen LogP contribution in [0.4, 0.5) is 13.2 Å². The van der Waals surface area contributed by atoms with Crippen molar-refractivity contribution in [2.45, 2.75) is 6.18 Å². The second kappa shape index (κ2) is 31.4. The Morgan fingerprint density at radius 2 is 0.392 bits per heavy atom. The molecule has 21 aromatic carbocycles. The van der Waals surface area contributed by atoms with Crippen LogP contribution in [0.25, 0.3) is 275 Å². The summed E-state index contributed by atoms with van der Waals surface area (Å²) in [4.78, 5) is 0. The van der Waals surface area contributed by atoms with Crippen LogP contribution in [-0.2, 0) is 6.18 Å². The van der Waals surface area contributed by atoms with Gasteiger partial charge in [-0.1, -0.05) is 309 Å². The van der Waals surface area contributed by atoms with Crippen LogP contribution in [0, 0.1) is 45.3 Å². The minimum absolute atomic E-state index is 0.172. The summed E-state index contributed by atoms with van der Waals surface area (Å²) in [6, 6.07) is 155. The monoisotopic (exact) mass is 1900 g/mol. The number of aromatic nitrogens is 8. The van der Waals surface area contributed by atoms with Gasteiger partial charge in [-0.3, -0.25) is 0 Å². The Hall–Kier alpha value is -20.6. The first-order valence-corrected chi connectivity index (χ1v) is 48.9. The molecule has 0 aliphatic heterocycles. The molecule has 17 heteroatoms. The molecule has 0 amide bonds. The van der Waals surface area contributed by atoms with E-state index in [0.717, 1.165) is 197 Å². The van der Waals surface area contributed by atoms with E-state index in [1.54, 1.807) is 0 Å². The number of nitriles is 4. The van der Waals surface area contributed by atoms with Gasteiger partial charge in [-0.05, 0) is 132 Å². The molecule has 0 atom stereocenters. The van der Waals surface area contributed by atoms with Gasteiger partial charge in [0, 0.05) is 108 Å². The van der Waals surface area contributed by atoms with E-state index in [1.807, 2.05) is 187 Å². The second-order valence-electron chi connectivity index (χ2n) is 37.8. The Labute approximate surface area is 837 Å². The van der Waals surface area contributed by atoms with Crippen molar-refractivity contribution in [1.29, 1.82) is 21.0 Å². The molecule has 0 aliphatic carbocycles. The van der Waals surface area contributed by atoms with Crippen LogP contribution in [0.15, 0.2) is 440 Å². The van der Waals surface area contributed by atoms with Gasteiger partial charge in [0.25, 0.3) is 0 Å². The summed E-state index contributed by atoms with van der Waals surface area (Å²) in [5, 5.41) is 68.6. The van der Waals surface area contributed by atoms with Crippen LogP contribution < -0.4 is 0 Å². The van der Waals surface area contributed by atoms with E-state index < -0.39 is 11.7 Å². The Kier molecular flexibility index (Phi) is 17.7. The van der Waals surface area contributed by atoms with Gasteiger partial charge in [0.2, 0.25) is 0 Å². The topological polar surface area (TPSA) is 161 Å². The van der Waals surface area contributed by atoms with Gasteiger partial charge in [-0.15, -0.1) is 0 Å². The summed E-state index contributed by atoms with van der Waals surface area (Å²) in [5.74, 6) is 0. The maximum atomic E-state index is 15.0. The highest BCUT2D eigenvalue weighted by atomic mass is 19.4. The zero-order valence-corrected chi connectivity index (χ0v) is 78.3. The van der Waals surface area contributed by atoms with Crippen molar-refractivity contribution in [2.24, 2.45) is 0 Å². The van der Waals surface area contributed by atoms with Crippen molar-refractivity contribution in [3.63, 3.8) is 0 Å². The molecule has 0 spiro atoms. The van der Waals surface area contributed by atoms with Gasteiger partial charge in [-0.2, -0.15) is 34.2 Å². The lowest BCUT2D eigenvalue weighted by Gasteiger charge is -2.27. The number of alkyl halides is 3. The fraction of sp³-hybridized carbons (Fsp3) is 0.00763. The molecule has 0 aliphatic rings. The van der Waals surface area contributed by atoms with Crippen molar-refractivity contribution in [2.75, 3.05) is 0 Å². The van der Waals surface area contributed by atoms with Crippen molar-refractivity contribution >= 4 is 218 Å². The third kappa shape index (κ3) is 11.5. The number of hydrogen-bond donors (Lipinski definition) is 0. The molecular formula is C131H71F3N12O2. The average Bonchev–Trinajstić information content (AvgIpc) is 1.50. The van der Waals surface area contributed by atoms with E-state index in [4.69, 9.17) is 8.83 Å². The maximum Gasteiger partial charge on any atom is 0.416 e. The van der Waals surface area contributed by atoms with Gasteiger partial charge in [0.15, 0.2) is 11.2 Å². The average molecular weight is 1900 g/mol. The summed E-state index contributed by atoms with van der Waals surface area (Å²) >= 11 is 0.